The molecule has 0 spiro atoms. The molecule has 0 aromatic heterocycles. The molecule has 0 saturated heterocycles. The Morgan fingerprint density at radius 1 is 0.919 bits per heavy atom. The van der Waals surface area contributed by atoms with Crippen molar-refractivity contribution in [3.63, 3.8) is 0 Å². The highest BCUT2D eigenvalue weighted by atomic mass is 19.4. The molecule has 2 aromatic carbocycles. The van der Waals surface area contributed by atoms with Gasteiger partial charge in [-0.15, -0.1) is 0 Å². The second-order valence-electron chi connectivity index (χ2n) is 10.2. The number of benzene rings is 2. The number of alkyl halides is 6. The van der Waals surface area contributed by atoms with Gasteiger partial charge < -0.3 is 5.73 Å². The van der Waals surface area contributed by atoms with E-state index in [2.05, 4.69) is 25.8 Å². The first-order chi connectivity index (χ1) is 17.1. The van der Waals surface area contributed by atoms with Gasteiger partial charge in [-0.2, -0.15) is 26.3 Å². The number of rotatable bonds is 5. The fourth-order valence-electron chi connectivity index (χ4n) is 4.82. The Morgan fingerprint density at radius 3 is 2.05 bits per heavy atom. The van der Waals surface area contributed by atoms with Crippen LogP contribution < -0.4 is 5.73 Å². The molecule has 0 radical (unpaired) electrons. The van der Waals surface area contributed by atoms with E-state index in [0.717, 1.165) is 18.1 Å². The number of allylic oxidation sites excluding steroid dienone is 2. The van der Waals surface area contributed by atoms with Crippen LogP contribution in [0, 0.1) is 10.8 Å². The molecule has 196 valence electrons. The van der Waals surface area contributed by atoms with Crippen molar-refractivity contribution >= 4 is 23.8 Å². The van der Waals surface area contributed by atoms with E-state index in [1.54, 1.807) is 6.07 Å². The zero-order valence-corrected chi connectivity index (χ0v) is 20.7. The lowest BCUT2D eigenvalue weighted by atomic mass is 9.78. The minimum Gasteiger partial charge on any atom is -0.383 e. The Labute approximate surface area is 211 Å². The van der Waals surface area contributed by atoms with Gasteiger partial charge >= 0.3 is 12.4 Å². The second-order valence-corrected chi connectivity index (χ2v) is 10.2. The summed E-state index contributed by atoms with van der Waals surface area (Å²) in [5.74, 6) is -0.0939. The number of hydrogen-bond donors (Lipinski definition) is 2. The molecule has 1 aliphatic heterocycles. The molecule has 0 fully saturated rings. The van der Waals surface area contributed by atoms with Gasteiger partial charge in [0.05, 0.1) is 12.8 Å². The van der Waals surface area contributed by atoms with Gasteiger partial charge in [0.25, 0.3) is 0 Å². The lowest BCUT2D eigenvalue weighted by Gasteiger charge is -2.26. The van der Waals surface area contributed by atoms with Crippen LogP contribution in [0.15, 0.2) is 40.9 Å². The van der Waals surface area contributed by atoms with Gasteiger partial charge in [0, 0.05) is 16.7 Å². The van der Waals surface area contributed by atoms with Crippen LogP contribution in [-0.4, -0.2) is 24.0 Å². The molecule has 0 atom stereocenters. The Hall–Kier alpha value is -3.36. The molecule has 4 rings (SSSR count). The highest BCUT2D eigenvalue weighted by molar-refractivity contribution is 6.24. The van der Waals surface area contributed by atoms with Crippen molar-refractivity contribution in [2.24, 2.45) is 16.1 Å². The Bertz CT molecular complexity index is 1320. The molecule has 1 aliphatic carbocycles. The number of fused-ring (bicyclic) bond motifs is 2. The maximum Gasteiger partial charge on any atom is 0.393 e. The van der Waals surface area contributed by atoms with Crippen LogP contribution in [0.4, 0.5) is 26.3 Å². The molecular formula is C28H27F6N3. The molecule has 37 heavy (non-hydrogen) atoms. The van der Waals surface area contributed by atoms with Crippen LogP contribution in [0.25, 0.3) is 23.3 Å². The van der Waals surface area contributed by atoms with E-state index >= 15 is 0 Å². The molecule has 3 nitrogen and oxygen atoms in total. The number of nitrogens with zero attached hydrogens (tertiary/aromatic N) is 1. The Morgan fingerprint density at radius 2 is 1.51 bits per heavy atom. The maximum atomic E-state index is 13.3. The number of nitrogens with one attached hydrogen (secondary N) is 1. The SMILES string of the molecule is CCC(C)(C)C1=Cc2c(cc3c(c2-c2cc(CC(F)(F)F)cc(CC(F)(F)F)c2)C(N)=NC3=N)C=CC1. The van der Waals surface area contributed by atoms with E-state index in [0.29, 0.717) is 34.2 Å². The van der Waals surface area contributed by atoms with Crippen LogP contribution in [0.1, 0.15) is 67.0 Å². The second kappa shape index (κ2) is 9.19. The summed E-state index contributed by atoms with van der Waals surface area (Å²) >= 11 is 0. The average molecular weight is 520 g/mol. The zero-order valence-electron chi connectivity index (χ0n) is 20.7. The monoisotopic (exact) mass is 519 g/mol. The standard InChI is InChI=1S/C28H27F6N3/c1-4-26(2,3)19-7-5-6-17-11-21-23(25(36)37-24(21)35)22(20(17)12-19)18-9-15(13-27(29,30)31)8-16(10-18)14-28(32,33)34/h5-6,8-12H,4,7,13-14H2,1-3H3,(H3,35,36,37). The van der Waals surface area contributed by atoms with E-state index in [-0.39, 0.29) is 33.8 Å². The van der Waals surface area contributed by atoms with E-state index in [4.69, 9.17) is 11.1 Å². The smallest absolute Gasteiger partial charge is 0.383 e. The van der Waals surface area contributed by atoms with Crippen LogP contribution in [0.2, 0.25) is 0 Å². The van der Waals surface area contributed by atoms with Gasteiger partial charge in [-0.25, -0.2) is 4.99 Å². The minimum atomic E-state index is -4.60. The Balaban J connectivity index is 2.07. The molecule has 9 heteroatoms. The molecule has 0 saturated carbocycles. The third-order valence-electron chi connectivity index (χ3n) is 7.00. The van der Waals surface area contributed by atoms with E-state index in [1.165, 1.54) is 12.1 Å². The molecule has 2 aliphatic rings. The summed E-state index contributed by atoms with van der Waals surface area (Å²) in [5, 5.41) is 8.28. The van der Waals surface area contributed by atoms with E-state index in [1.807, 2.05) is 18.2 Å². The molecular weight excluding hydrogens is 492 g/mol. The van der Waals surface area contributed by atoms with Crippen molar-refractivity contribution in [2.75, 3.05) is 0 Å². The molecule has 0 unspecified atom stereocenters. The molecule has 0 amide bonds. The molecule has 0 bridgehead atoms. The van der Waals surface area contributed by atoms with E-state index in [9.17, 15) is 26.3 Å². The highest BCUT2D eigenvalue weighted by Crippen LogP contribution is 2.43. The first kappa shape index (κ1) is 26.7. The summed E-state index contributed by atoms with van der Waals surface area (Å²) in [6.45, 7) is 6.22. The predicted molar refractivity (Wildman–Crippen MR) is 135 cm³/mol. The van der Waals surface area contributed by atoms with Gasteiger partial charge in [-0.05, 0) is 52.1 Å². The van der Waals surface area contributed by atoms with E-state index < -0.39 is 25.2 Å². The normalized spacial score (nSPS) is 15.8. The van der Waals surface area contributed by atoms with Crippen molar-refractivity contribution in [3.8, 4) is 11.1 Å². The minimum absolute atomic E-state index is 0.00863. The fourth-order valence-corrected chi connectivity index (χ4v) is 4.82. The van der Waals surface area contributed by atoms with Crippen LogP contribution in [-0.2, 0) is 12.8 Å². The van der Waals surface area contributed by atoms with Crippen LogP contribution in [0.3, 0.4) is 0 Å². The first-order valence-corrected chi connectivity index (χ1v) is 11.9. The largest absolute Gasteiger partial charge is 0.393 e. The van der Waals surface area contributed by atoms with Crippen molar-refractivity contribution in [2.45, 2.75) is 58.8 Å². The third kappa shape index (κ3) is 5.65. The van der Waals surface area contributed by atoms with Crippen molar-refractivity contribution in [1.82, 2.24) is 0 Å². The molecule has 1 heterocycles. The topological polar surface area (TPSA) is 62.2 Å². The predicted octanol–water partition coefficient (Wildman–Crippen LogP) is 7.84. The summed E-state index contributed by atoms with van der Waals surface area (Å²) in [4.78, 5) is 4.06. The summed E-state index contributed by atoms with van der Waals surface area (Å²) < 4.78 is 79.9. The average Bonchev–Trinajstić information content (AvgIpc) is 2.91. The van der Waals surface area contributed by atoms with Gasteiger partial charge in [-0.1, -0.05) is 62.8 Å². The van der Waals surface area contributed by atoms with Crippen molar-refractivity contribution in [1.29, 1.82) is 5.41 Å². The number of halogens is 6. The Kier molecular flexibility index (Phi) is 6.63. The van der Waals surface area contributed by atoms with Gasteiger partial charge in [0.1, 0.15) is 5.84 Å². The number of nitrogens with two attached hydrogens (primary N) is 1. The first-order valence-electron chi connectivity index (χ1n) is 11.9. The van der Waals surface area contributed by atoms with Crippen LogP contribution in [0.5, 0.6) is 0 Å². The van der Waals surface area contributed by atoms with Gasteiger partial charge in [0.15, 0.2) is 5.84 Å². The molecule has 2 aromatic rings. The van der Waals surface area contributed by atoms with Crippen molar-refractivity contribution < 1.29 is 26.3 Å². The van der Waals surface area contributed by atoms with Crippen LogP contribution >= 0.6 is 0 Å². The van der Waals surface area contributed by atoms with Crippen molar-refractivity contribution in [3.05, 3.63) is 69.3 Å². The zero-order chi connectivity index (χ0) is 27.3. The summed E-state index contributed by atoms with van der Waals surface area (Å²) in [6, 6.07) is 5.25. The highest BCUT2D eigenvalue weighted by Gasteiger charge is 2.33. The summed E-state index contributed by atoms with van der Waals surface area (Å²) in [5.41, 5.74) is 9.15. The number of aliphatic imine (C=N–C) groups is 1. The lowest BCUT2D eigenvalue weighted by Crippen LogP contribution is -2.16. The third-order valence-corrected chi connectivity index (χ3v) is 7.00. The molecule has 3 N–H and O–H groups in total. The van der Waals surface area contributed by atoms with Gasteiger partial charge in [-0.3, -0.25) is 5.41 Å². The number of hydrogen-bond acceptors (Lipinski definition) is 2. The summed E-state index contributed by atoms with van der Waals surface area (Å²) in [6.07, 6.45) is -4.68. The summed E-state index contributed by atoms with van der Waals surface area (Å²) in [7, 11) is 0. The number of amidine groups is 2. The fraction of sp³-hybridized carbons (Fsp3) is 0.357. The quantitative estimate of drug-likeness (QED) is 0.389. The van der Waals surface area contributed by atoms with Gasteiger partial charge in [0.2, 0.25) is 0 Å². The lowest BCUT2D eigenvalue weighted by molar-refractivity contribution is -0.127. The maximum absolute atomic E-state index is 13.3.